The highest BCUT2D eigenvalue weighted by molar-refractivity contribution is 6.30. The van der Waals surface area contributed by atoms with Crippen LogP contribution < -0.4 is 10.2 Å². The fourth-order valence-corrected chi connectivity index (χ4v) is 2.23. The first-order valence-electron chi connectivity index (χ1n) is 5.89. The molecule has 0 saturated carbocycles. The Morgan fingerprint density at radius 1 is 1.11 bits per heavy atom. The molecule has 3 heteroatoms. The second-order valence-corrected chi connectivity index (χ2v) is 4.73. The first-order chi connectivity index (χ1) is 8.61. The maximum Gasteiger partial charge on any atom is 0.0438 e. The lowest BCUT2D eigenvalue weighted by atomic mass is 10.1. The van der Waals surface area contributed by atoms with Gasteiger partial charge >= 0.3 is 0 Å². The normalized spacial score (nSPS) is 10.2. The molecule has 2 aromatic rings. The molecule has 0 atom stereocenters. The van der Waals surface area contributed by atoms with E-state index in [0.717, 1.165) is 22.1 Å². The van der Waals surface area contributed by atoms with Crippen LogP contribution in [0.25, 0.3) is 0 Å². The van der Waals surface area contributed by atoms with Gasteiger partial charge in [0.15, 0.2) is 0 Å². The molecule has 2 aromatic carbocycles. The van der Waals surface area contributed by atoms with E-state index in [1.807, 2.05) is 37.4 Å². The van der Waals surface area contributed by atoms with Gasteiger partial charge in [0.1, 0.15) is 0 Å². The molecule has 0 aromatic heterocycles. The van der Waals surface area contributed by atoms with Crippen LogP contribution in [0, 0.1) is 6.92 Å². The van der Waals surface area contributed by atoms with E-state index < -0.39 is 0 Å². The van der Waals surface area contributed by atoms with Crippen LogP contribution in [0.3, 0.4) is 0 Å². The summed E-state index contributed by atoms with van der Waals surface area (Å²) in [5.74, 6) is 0. The standard InChI is InChI=1S/C15H17ClN2/c1-11-9-12(16)7-8-15(11)18(3)14-6-4-5-13(10-14)17-2/h4-10,17H,1-3H3. The molecule has 0 aliphatic rings. The van der Waals surface area contributed by atoms with Crippen molar-refractivity contribution < 1.29 is 0 Å². The molecule has 2 nitrogen and oxygen atoms in total. The molecule has 0 aliphatic carbocycles. The van der Waals surface area contributed by atoms with Crippen molar-refractivity contribution in [3.8, 4) is 0 Å². The molecule has 0 aliphatic heterocycles. The van der Waals surface area contributed by atoms with Gasteiger partial charge in [0, 0.05) is 36.2 Å². The molecule has 0 fully saturated rings. The van der Waals surface area contributed by atoms with Crippen LogP contribution in [-0.4, -0.2) is 14.1 Å². The minimum absolute atomic E-state index is 0.772. The van der Waals surface area contributed by atoms with Crippen LogP contribution in [0.15, 0.2) is 42.5 Å². The van der Waals surface area contributed by atoms with E-state index in [-0.39, 0.29) is 0 Å². The summed E-state index contributed by atoms with van der Waals surface area (Å²) in [7, 11) is 3.98. The number of hydrogen-bond acceptors (Lipinski definition) is 2. The first kappa shape index (κ1) is 12.8. The van der Waals surface area contributed by atoms with Crippen LogP contribution in [-0.2, 0) is 0 Å². The second kappa shape index (κ2) is 5.32. The van der Waals surface area contributed by atoms with E-state index in [2.05, 4.69) is 36.3 Å². The zero-order chi connectivity index (χ0) is 13.1. The number of anilines is 3. The van der Waals surface area contributed by atoms with Crippen molar-refractivity contribution in [2.45, 2.75) is 6.92 Å². The minimum atomic E-state index is 0.772. The average molecular weight is 261 g/mol. The Hall–Kier alpha value is -1.67. The number of nitrogens with zero attached hydrogens (tertiary/aromatic N) is 1. The number of hydrogen-bond donors (Lipinski definition) is 1. The maximum atomic E-state index is 5.99. The number of aryl methyl sites for hydroxylation is 1. The molecule has 0 spiro atoms. The highest BCUT2D eigenvalue weighted by atomic mass is 35.5. The van der Waals surface area contributed by atoms with E-state index in [0.29, 0.717) is 0 Å². The maximum absolute atomic E-state index is 5.99. The second-order valence-electron chi connectivity index (χ2n) is 4.29. The summed E-state index contributed by atoms with van der Waals surface area (Å²) < 4.78 is 0. The van der Waals surface area contributed by atoms with Crippen LogP contribution >= 0.6 is 11.6 Å². The Labute approximate surface area is 113 Å². The fraction of sp³-hybridized carbons (Fsp3) is 0.200. The monoisotopic (exact) mass is 260 g/mol. The van der Waals surface area contributed by atoms with Gasteiger partial charge in [-0.05, 0) is 48.9 Å². The lowest BCUT2D eigenvalue weighted by Gasteiger charge is -2.22. The topological polar surface area (TPSA) is 15.3 Å². The van der Waals surface area contributed by atoms with E-state index in [9.17, 15) is 0 Å². The lowest BCUT2D eigenvalue weighted by molar-refractivity contribution is 1.18. The average Bonchev–Trinajstić information content (AvgIpc) is 2.38. The Bertz CT molecular complexity index is 552. The molecule has 0 saturated heterocycles. The third kappa shape index (κ3) is 2.59. The Balaban J connectivity index is 2.37. The molecule has 1 N–H and O–H groups in total. The molecule has 0 unspecified atom stereocenters. The SMILES string of the molecule is CNc1cccc(N(C)c2ccc(Cl)cc2C)c1. The molecule has 0 radical (unpaired) electrons. The summed E-state index contributed by atoms with van der Waals surface area (Å²) in [4.78, 5) is 2.16. The molecular weight excluding hydrogens is 244 g/mol. The van der Waals surface area contributed by atoms with E-state index >= 15 is 0 Å². The summed E-state index contributed by atoms with van der Waals surface area (Å²) in [6.45, 7) is 2.07. The van der Waals surface area contributed by atoms with Crippen LogP contribution in [0.5, 0.6) is 0 Å². The van der Waals surface area contributed by atoms with Crippen LogP contribution in [0.2, 0.25) is 5.02 Å². The molecule has 2 rings (SSSR count). The number of benzene rings is 2. The van der Waals surface area contributed by atoms with Crippen LogP contribution in [0.1, 0.15) is 5.56 Å². The molecule has 94 valence electrons. The smallest absolute Gasteiger partial charge is 0.0438 e. The van der Waals surface area contributed by atoms with Crippen molar-refractivity contribution in [1.82, 2.24) is 0 Å². The van der Waals surface area contributed by atoms with Gasteiger partial charge in [0.05, 0.1) is 0 Å². The van der Waals surface area contributed by atoms with Crippen molar-refractivity contribution in [2.75, 3.05) is 24.3 Å². The van der Waals surface area contributed by atoms with Crippen molar-refractivity contribution in [2.24, 2.45) is 0 Å². The van der Waals surface area contributed by atoms with Gasteiger partial charge in [-0.25, -0.2) is 0 Å². The van der Waals surface area contributed by atoms with Crippen molar-refractivity contribution in [3.05, 3.63) is 53.1 Å². The Morgan fingerprint density at radius 3 is 2.56 bits per heavy atom. The molecule has 0 amide bonds. The van der Waals surface area contributed by atoms with Gasteiger partial charge in [0.25, 0.3) is 0 Å². The summed E-state index contributed by atoms with van der Waals surface area (Å²) in [5, 5.41) is 3.92. The minimum Gasteiger partial charge on any atom is -0.388 e. The third-order valence-electron chi connectivity index (χ3n) is 3.04. The first-order valence-corrected chi connectivity index (χ1v) is 6.27. The van der Waals surface area contributed by atoms with Crippen molar-refractivity contribution >= 4 is 28.7 Å². The highest BCUT2D eigenvalue weighted by Gasteiger charge is 2.07. The van der Waals surface area contributed by atoms with Gasteiger partial charge in [0.2, 0.25) is 0 Å². The summed E-state index contributed by atoms with van der Waals surface area (Å²) in [6.07, 6.45) is 0. The quantitative estimate of drug-likeness (QED) is 0.877. The zero-order valence-corrected chi connectivity index (χ0v) is 11.6. The van der Waals surface area contributed by atoms with Gasteiger partial charge in [-0.3, -0.25) is 0 Å². The van der Waals surface area contributed by atoms with E-state index in [4.69, 9.17) is 11.6 Å². The fourth-order valence-electron chi connectivity index (χ4n) is 2.00. The van der Waals surface area contributed by atoms with Crippen molar-refractivity contribution in [1.29, 1.82) is 0 Å². The Kier molecular flexibility index (Phi) is 3.78. The lowest BCUT2D eigenvalue weighted by Crippen LogP contribution is -2.10. The molecule has 18 heavy (non-hydrogen) atoms. The predicted octanol–water partition coefficient (Wildman–Crippen LogP) is 4.46. The third-order valence-corrected chi connectivity index (χ3v) is 3.28. The summed E-state index contributed by atoms with van der Waals surface area (Å²) >= 11 is 5.99. The number of halogens is 1. The van der Waals surface area contributed by atoms with Gasteiger partial charge < -0.3 is 10.2 Å². The zero-order valence-electron chi connectivity index (χ0n) is 10.9. The molecule has 0 heterocycles. The van der Waals surface area contributed by atoms with Gasteiger partial charge in [-0.2, -0.15) is 0 Å². The number of nitrogens with one attached hydrogen (secondary N) is 1. The van der Waals surface area contributed by atoms with E-state index in [1.165, 1.54) is 5.56 Å². The highest BCUT2D eigenvalue weighted by Crippen LogP contribution is 2.29. The molecular formula is C15H17ClN2. The summed E-state index contributed by atoms with van der Waals surface area (Å²) in [5.41, 5.74) is 4.57. The predicted molar refractivity (Wildman–Crippen MR) is 80.2 cm³/mol. The van der Waals surface area contributed by atoms with Crippen molar-refractivity contribution in [3.63, 3.8) is 0 Å². The van der Waals surface area contributed by atoms with E-state index in [1.54, 1.807) is 0 Å². The van der Waals surface area contributed by atoms with Gasteiger partial charge in [-0.15, -0.1) is 0 Å². The number of rotatable bonds is 3. The molecule has 0 bridgehead atoms. The van der Waals surface area contributed by atoms with Gasteiger partial charge in [-0.1, -0.05) is 17.7 Å². The summed E-state index contributed by atoms with van der Waals surface area (Å²) in [6, 6.07) is 14.2. The Morgan fingerprint density at radius 2 is 1.89 bits per heavy atom. The van der Waals surface area contributed by atoms with Crippen LogP contribution in [0.4, 0.5) is 17.1 Å². The largest absolute Gasteiger partial charge is 0.388 e.